The van der Waals surface area contributed by atoms with Crippen molar-refractivity contribution in [3.63, 3.8) is 0 Å². The van der Waals surface area contributed by atoms with Gasteiger partial charge in [0.25, 0.3) is 0 Å². The summed E-state index contributed by atoms with van der Waals surface area (Å²) in [7, 11) is 0. The zero-order valence-corrected chi connectivity index (χ0v) is 18.9. The van der Waals surface area contributed by atoms with E-state index in [0.717, 1.165) is 6.07 Å². The molecule has 184 valence electrons. The van der Waals surface area contributed by atoms with Crippen LogP contribution in [-0.4, -0.2) is 67.4 Å². The highest BCUT2D eigenvalue weighted by atomic mass is 19.4. The number of aromatic nitrogens is 3. The van der Waals surface area contributed by atoms with Crippen LogP contribution in [0.2, 0.25) is 0 Å². The van der Waals surface area contributed by atoms with Crippen molar-refractivity contribution in [1.82, 2.24) is 15.0 Å². The molecule has 5 rings (SSSR count). The Morgan fingerprint density at radius 1 is 0.800 bits per heavy atom. The van der Waals surface area contributed by atoms with E-state index in [9.17, 15) is 17.6 Å². The van der Waals surface area contributed by atoms with Crippen LogP contribution in [0.25, 0.3) is 11.3 Å². The number of alkyl halides is 3. The molecule has 0 atom stereocenters. The molecule has 0 radical (unpaired) electrons. The third-order valence-electron chi connectivity index (χ3n) is 6.14. The van der Waals surface area contributed by atoms with Crippen molar-refractivity contribution in [1.29, 1.82) is 0 Å². The van der Waals surface area contributed by atoms with Gasteiger partial charge in [0.2, 0.25) is 5.95 Å². The third kappa shape index (κ3) is 5.00. The van der Waals surface area contributed by atoms with E-state index in [-0.39, 0.29) is 11.6 Å². The molecule has 4 heterocycles. The summed E-state index contributed by atoms with van der Waals surface area (Å²) in [5.41, 5.74) is 0.0839. The first-order chi connectivity index (χ1) is 16.9. The third-order valence-corrected chi connectivity index (χ3v) is 6.14. The number of rotatable bonds is 4. The molecule has 0 saturated carbocycles. The molecule has 2 aliphatic heterocycles. The van der Waals surface area contributed by atoms with E-state index in [1.165, 1.54) is 18.3 Å². The van der Waals surface area contributed by atoms with E-state index < -0.39 is 11.7 Å². The monoisotopic (exact) mass is 488 g/mol. The lowest BCUT2D eigenvalue weighted by molar-refractivity contribution is -0.137. The molecule has 2 fully saturated rings. The fourth-order valence-corrected chi connectivity index (χ4v) is 4.31. The molecule has 2 saturated heterocycles. The maximum Gasteiger partial charge on any atom is 0.419 e. The second-order valence-electron chi connectivity index (χ2n) is 8.34. The molecule has 7 nitrogen and oxygen atoms in total. The molecule has 1 aromatic carbocycles. The summed E-state index contributed by atoms with van der Waals surface area (Å²) in [6.07, 6.45) is -3.11. The average Bonchev–Trinajstić information content (AvgIpc) is 2.89. The van der Waals surface area contributed by atoms with Gasteiger partial charge in [-0.25, -0.2) is 14.4 Å². The lowest BCUT2D eigenvalue weighted by Crippen LogP contribution is -2.48. The smallest absolute Gasteiger partial charge is 0.378 e. The van der Waals surface area contributed by atoms with Crippen molar-refractivity contribution in [3.05, 3.63) is 60.0 Å². The summed E-state index contributed by atoms with van der Waals surface area (Å²) in [6.45, 7) is 3.88. The molecule has 2 aromatic heterocycles. The Balaban J connectivity index is 1.42. The number of anilines is 3. The number of halogens is 4. The minimum Gasteiger partial charge on any atom is -0.378 e. The lowest BCUT2D eigenvalue weighted by Gasteiger charge is -2.37. The average molecular weight is 488 g/mol. The number of hydrogen-bond donors (Lipinski definition) is 0. The van der Waals surface area contributed by atoms with Gasteiger partial charge in [0, 0.05) is 57.1 Å². The summed E-state index contributed by atoms with van der Waals surface area (Å²) in [5, 5.41) is 0. The maximum atomic E-state index is 14.6. The first-order valence-corrected chi connectivity index (χ1v) is 11.4. The Kier molecular flexibility index (Phi) is 6.42. The van der Waals surface area contributed by atoms with Gasteiger partial charge in [0.15, 0.2) is 0 Å². The fourth-order valence-electron chi connectivity index (χ4n) is 4.31. The minimum absolute atomic E-state index is 0.0663. The minimum atomic E-state index is -4.48. The quantitative estimate of drug-likeness (QED) is 0.517. The van der Waals surface area contributed by atoms with Gasteiger partial charge in [-0.05, 0) is 24.3 Å². The van der Waals surface area contributed by atoms with Gasteiger partial charge in [-0.15, -0.1) is 0 Å². The fraction of sp³-hybridized carbons (Fsp3) is 0.375. The standard InChI is InChI=1S/C24H24F4N6O/c25-19-6-2-1-4-17(19)20-16-21(31-23(30-20)34-12-14-35-15-13-34)32-8-10-33(11-9-32)22-18(24(26,27)28)5-3-7-29-22/h1-7,16H,8-15H2. The maximum absolute atomic E-state index is 14.6. The van der Waals surface area contributed by atoms with Crippen LogP contribution in [0.1, 0.15) is 5.56 Å². The molecule has 3 aromatic rings. The molecule has 11 heteroatoms. The van der Waals surface area contributed by atoms with E-state index in [2.05, 4.69) is 9.97 Å². The Bertz CT molecular complexity index is 1180. The molecule has 0 bridgehead atoms. The molecule has 2 aliphatic rings. The van der Waals surface area contributed by atoms with Crippen molar-refractivity contribution < 1.29 is 22.3 Å². The predicted molar refractivity (Wildman–Crippen MR) is 124 cm³/mol. The first kappa shape index (κ1) is 23.3. The van der Waals surface area contributed by atoms with Crippen LogP contribution in [0.4, 0.5) is 35.1 Å². The Hall–Kier alpha value is -3.47. The molecule has 0 N–H and O–H groups in total. The summed E-state index contributed by atoms with van der Waals surface area (Å²) in [6, 6.07) is 10.5. The summed E-state index contributed by atoms with van der Waals surface area (Å²) < 4.78 is 60.4. The van der Waals surface area contributed by atoms with E-state index in [1.807, 2.05) is 9.80 Å². The number of ether oxygens (including phenoxy) is 1. The largest absolute Gasteiger partial charge is 0.419 e. The van der Waals surface area contributed by atoms with Crippen LogP contribution in [0.5, 0.6) is 0 Å². The first-order valence-electron chi connectivity index (χ1n) is 11.4. The lowest BCUT2D eigenvalue weighted by atomic mass is 10.1. The zero-order valence-electron chi connectivity index (χ0n) is 18.9. The Labute approximate surface area is 200 Å². The van der Waals surface area contributed by atoms with E-state index >= 15 is 0 Å². The number of piperazine rings is 1. The van der Waals surface area contributed by atoms with Crippen molar-refractivity contribution in [2.45, 2.75) is 6.18 Å². The molecular formula is C24H24F4N6O. The summed E-state index contributed by atoms with van der Waals surface area (Å²) in [4.78, 5) is 19.0. The summed E-state index contributed by atoms with van der Waals surface area (Å²) >= 11 is 0. The van der Waals surface area contributed by atoms with Gasteiger partial charge in [0.05, 0.1) is 24.5 Å². The topological polar surface area (TPSA) is 57.6 Å². The van der Waals surface area contributed by atoms with Crippen LogP contribution in [0.15, 0.2) is 48.7 Å². The second-order valence-corrected chi connectivity index (χ2v) is 8.34. The number of morpholine rings is 1. The van der Waals surface area contributed by atoms with Gasteiger partial charge < -0.3 is 19.4 Å². The highest BCUT2D eigenvalue weighted by Crippen LogP contribution is 2.36. The van der Waals surface area contributed by atoms with E-state index in [1.54, 1.807) is 29.2 Å². The van der Waals surface area contributed by atoms with Crippen LogP contribution < -0.4 is 14.7 Å². The Morgan fingerprint density at radius 2 is 1.51 bits per heavy atom. The van der Waals surface area contributed by atoms with Gasteiger partial charge in [-0.3, -0.25) is 0 Å². The second kappa shape index (κ2) is 9.65. The normalized spacial score (nSPS) is 17.1. The van der Waals surface area contributed by atoms with E-state index in [0.29, 0.717) is 75.5 Å². The predicted octanol–water partition coefficient (Wildman–Crippen LogP) is 3.86. The van der Waals surface area contributed by atoms with Crippen LogP contribution in [-0.2, 0) is 10.9 Å². The molecule has 0 unspecified atom stereocenters. The van der Waals surface area contributed by atoms with Crippen molar-refractivity contribution in [3.8, 4) is 11.3 Å². The van der Waals surface area contributed by atoms with Crippen LogP contribution in [0, 0.1) is 5.82 Å². The van der Waals surface area contributed by atoms with E-state index in [4.69, 9.17) is 9.72 Å². The van der Waals surface area contributed by atoms with Crippen molar-refractivity contribution in [2.24, 2.45) is 0 Å². The number of nitrogens with zero attached hydrogens (tertiary/aromatic N) is 6. The number of hydrogen-bond acceptors (Lipinski definition) is 7. The Morgan fingerprint density at radius 3 is 2.23 bits per heavy atom. The highest BCUT2D eigenvalue weighted by molar-refractivity contribution is 5.66. The molecule has 0 aliphatic carbocycles. The molecule has 0 spiro atoms. The van der Waals surface area contributed by atoms with Gasteiger partial charge in [-0.2, -0.15) is 18.2 Å². The van der Waals surface area contributed by atoms with Gasteiger partial charge >= 0.3 is 6.18 Å². The van der Waals surface area contributed by atoms with Crippen molar-refractivity contribution >= 4 is 17.6 Å². The molecule has 0 amide bonds. The zero-order chi connectivity index (χ0) is 24.4. The van der Waals surface area contributed by atoms with Crippen LogP contribution >= 0.6 is 0 Å². The number of benzene rings is 1. The number of pyridine rings is 1. The van der Waals surface area contributed by atoms with Gasteiger partial charge in [0.1, 0.15) is 17.5 Å². The van der Waals surface area contributed by atoms with Crippen LogP contribution in [0.3, 0.4) is 0 Å². The molecule has 35 heavy (non-hydrogen) atoms. The highest BCUT2D eigenvalue weighted by Gasteiger charge is 2.36. The molecular weight excluding hydrogens is 464 g/mol. The van der Waals surface area contributed by atoms with Crippen molar-refractivity contribution in [2.75, 3.05) is 67.2 Å². The van der Waals surface area contributed by atoms with Gasteiger partial charge in [-0.1, -0.05) is 12.1 Å². The SMILES string of the molecule is Fc1ccccc1-c1cc(N2CCN(c3ncccc3C(F)(F)F)CC2)nc(N2CCOCC2)n1. The summed E-state index contributed by atoms with van der Waals surface area (Å²) in [5.74, 6) is 0.639.